The number of methoxy groups -OCH3 is 1. The summed E-state index contributed by atoms with van der Waals surface area (Å²) in [6, 6.07) is 5.64. The highest BCUT2D eigenvalue weighted by Gasteiger charge is 2.28. The Kier molecular flexibility index (Phi) is 5.78. The lowest BCUT2D eigenvalue weighted by atomic mass is 10.1. The summed E-state index contributed by atoms with van der Waals surface area (Å²) in [5, 5.41) is 2.76. The average Bonchev–Trinajstić information content (AvgIpc) is 2.58. The van der Waals surface area contributed by atoms with E-state index in [-0.39, 0.29) is 24.7 Å². The molecule has 1 aliphatic heterocycles. The van der Waals surface area contributed by atoms with Crippen molar-refractivity contribution < 1.29 is 23.9 Å². The summed E-state index contributed by atoms with van der Waals surface area (Å²) >= 11 is 0. The normalized spacial score (nSPS) is 16.2. The van der Waals surface area contributed by atoms with E-state index < -0.39 is 12.1 Å². The lowest BCUT2D eigenvalue weighted by Gasteiger charge is -2.30. The van der Waals surface area contributed by atoms with Crippen LogP contribution in [0.5, 0.6) is 5.75 Å². The van der Waals surface area contributed by atoms with Gasteiger partial charge in [0.05, 0.1) is 19.2 Å². The number of anilines is 1. The van der Waals surface area contributed by atoms with Gasteiger partial charge in [0, 0.05) is 20.0 Å². The number of ether oxygens (including phenoxy) is 2. The molecule has 0 aliphatic carbocycles. The van der Waals surface area contributed by atoms with E-state index in [2.05, 4.69) is 10.1 Å². The van der Waals surface area contributed by atoms with Crippen molar-refractivity contribution >= 4 is 23.5 Å². The molecule has 0 saturated heterocycles. The van der Waals surface area contributed by atoms with E-state index >= 15 is 0 Å². The molecule has 1 N–H and O–H groups in total. The molecule has 24 heavy (non-hydrogen) atoms. The van der Waals surface area contributed by atoms with Gasteiger partial charge in [0.1, 0.15) is 5.75 Å². The number of nitrogens with zero attached hydrogens (tertiary/aromatic N) is 1. The van der Waals surface area contributed by atoms with Crippen LogP contribution in [0, 0.1) is 0 Å². The predicted molar refractivity (Wildman–Crippen MR) is 87.9 cm³/mol. The molecule has 0 aromatic heterocycles. The molecule has 1 aromatic rings. The topological polar surface area (TPSA) is 84.9 Å². The Hall–Kier alpha value is -2.57. The molecule has 7 heteroatoms. The molecular weight excluding hydrogens is 312 g/mol. The summed E-state index contributed by atoms with van der Waals surface area (Å²) in [6.07, 6.45) is 0.320. The molecule has 1 atom stereocenters. The molecule has 0 saturated carbocycles. The van der Waals surface area contributed by atoms with Gasteiger partial charge in [0.25, 0.3) is 5.91 Å². The molecular formula is C17H22N2O5. The van der Waals surface area contributed by atoms with Gasteiger partial charge in [0.15, 0.2) is 6.10 Å². The number of fused-ring (bicyclic) bond motifs is 1. The zero-order valence-electron chi connectivity index (χ0n) is 14.1. The van der Waals surface area contributed by atoms with Crippen molar-refractivity contribution in [1.82, 2.24) is 5.32 Å². The van der Waals surface area contributed by atoms with Crippen LogP contribution in [0.4, 0.5) is 5.69 Å². The smallest absolute Gasteiger partial charge is 0.306 e. The maximum absolute atomic E-state index is 12.0. The van der Waals surface area contributed by atoms with E-state index in [1.807, 2.05) is 18.2 Å². The van der Waals surface area contributed by atoms with E-state index in [1.165, 1.54) is 7.11 Å². The van der Waals surface area contributed by atoms with Crippen LogP contribution in [-0.4, -0.2) is 44.6 Å². The molecule has 0 radical (unpaired) electrons. The Morgan fingerprint density at radius 3 is 2.79 bits per heavy atom. The van der Waals surface area contributed by atoms with Crippen LogP contribution in [0.2, 0.25) is 0 Å². The van der Waals surface area contributed by atoms with Crippen molar-refractivity contribution in [3.63, 3.8) is 0 Å². The Labute approximate surface area is 140 Å². The van der Waals surface area contributed by atoms with E-state index in [1.54, 1.807) is 18.9 Å². The van der Waals surface area contributed by atoms with E-state index in [0.717, 1.165) is 11.3 Å². The Morgan fingerprint density at radius 2 is 2.08 bits per heavy atom. The van der Waals surface area contributed by atoms with E-state index in [0.29, 0.717) is 18.7 Å². The first kappa shape index (κ1) is 17.8. The largest absolute Gasteiger partial charge is 0.479 e. The molecule has 1 heterocycles. The number of amides is 2. The average molecular weight is 334 g/mol. The summed E-state index contributed by atoms with van der Waals surface area (Å²) in [5.74, 6) is -0.00388. The third-order valence-corrected chi connectivity index (χ3v) is 3.89. The maximum Gasteiger partial charge on any atom is 0.306 e. The van der Waals surface area contributed by atoms with Gasteiger partial charge >= 0.3 is 5.97 Å². The van der Waals surface area contributed by atoms with Crippen LogP contribution < -0.4 is 15.0 Å². The van der Waals surface area contributed by atoms with Crippen LogP contribution in [0.25, 0.3) is 0 Å². The molecule has 1 aromatic carbocycles. The first-order valence-corrected chi connectivity index (χ1v) is 7.83. The highest BCUT2D eigenvalue weighted by Crippen LogP contribution is 2.33. The standard InChI is InChI=1S/C17H22N2O5/c1-11-17(22)19(2)13-10-12(4-5-14(13)24-11)8-9-18-15(20)6-7-16(21)23-3/h4-5,10-11H,6-9H2,1-3H3,(H,18,20). The summed E-state index contributed by atoms with van der Waals surface area (Å²) in [5.41, 5.74) is 1.72. The molecule has 130 valence electrons. The van der Waals surface area contributed by atoms with Crippen LogP contribution in [0.1, 0.15) is 25.3 Å². The number of nitrogens with one attached hydrogen (secondary N) is 1. The minimum Gasteiger partial charge on any atom is -0.479 e. The first-order chi connectivity index (χ1) is 11.4. The molecule has 0 spiro atoms. The highest BCUT2D eigenvalue weighted by molar-refractivity contribution is 5.99. The highest BCUT2D eigenvalue weighted by atomic mass is 16.5. The summed E-state index contributed by atoms with van der Waals surface area (Å²) in [6.45, 7) is 2.17. The lowest BCUT2D eigenvalue weighted by Crippen LogP contribution is -2.42. The molecule has 1 aliphatic rings. The van der Waals surface area contributed by atoms with Crippen molar-refractivity contribution in [3.8, 4) is 5.75 Å². The number of hydrogen-bond acceptors (Lipinski definition) is 5. The van der Waals surface area contributed by atoms with E-state index in [4.69, 9.17) is 4.74 Å². The zero-order chi connectivity index (χ0) is 17.7. The quantitative estimate of drug-likeness (QED) is 0.786. The number of hydrogen-bond donors (Lipinski definition) is 1. The maximum atomic E-state index is 12.0. The fraction of sp³-hybridized carbons (Fsp3) is 0.471. The molecule has 1 unspecified atom stereocenters. The monoisotopic (exact) mass is 334 g/mol. The van der Waals surface area contributed by atoms with Gasteiger partial charge in [-0.25, -0.2) is 0 Å². The van der Waals surface area contributed by atoms with Gasteiger partial charge in [-0.05, 0) is 31.0 Å². The van der Waals surface area contributed by atoms with Gasteiger partial charge in [-0.3, -0.25) is 14.4 Å². The van der Waals surface area contributed by atoms with Crippen molar-refractivity contribution in [2.45, 2.75) is 32.3 Å². The van der Waals surface area contributed by atoms with Crippen molar-refractivity contribution in [2.24, 2.45) is 0 Å². The molecule has 7 nitrogen and oxygen atoms in total. The van der Waals surface area contributed by atoms with Crippen molar-refractivity contribution in [3.05, 3.63) is 23.8 Å². The summed E-state index contributed by atoms with van der Waals surface area (Å²) in [7, 11) is 3.01. The first-order valence-electron chi connectivity index (χ1n) is 7.83. The van der Waals surface area contributed by atoms with Crippen LogP contribution >= 0.6 is 0 Å². The van der Waals surface area contributed by atoms with Gasteiger partial charge in [-0.2, -0.15) is 0 Å². The Morgan fingerprint density at radius 1 is 1.33 bits per heavy atom. The summed E-state index contributed by atoms with van der Waals surface area (Å²) in [4.78, 5) is 36.2. The minimum atomic E-state index is -0.484. The van der Waals surface area contributed by atoms with Crippen molar-refractivity contribution in [2.75, 3.05) is 25.6 Å². The second kappa shape index (κ2) is 7.81. The SMILES string of the molecule is COC(=O)CCC(=O)NCCc1ccc2c(c1)N(C)C(=O)C(C)O2. The number of carbonyl (C=O) groups excluding carboxylic acids is 3. The number of benzene rings is 1. The third kappa shape index (κ3) is 4.24. The number of rotatable bonds is 6. The predicted octanol–water partition coefficient (Wildman–Crippen LogP) is 1.04. The van der Waals surface area contributed by atoms with Gasteiger partial charge in [-0.1, -0.05) is 6.07 Å². The summed E-state index contributed by atoms with van der Waals surface area (Å²) < 4.78 is 10.1. The molecule has 2 rings (SSSR count). The van der Waals surface area contributed by atoms with Gasteiger partial charge in [0.2, 0.25) is 5.91 Å². The third-order valence-electron chi connectivity index (χ3n) is 3.89. The second-order valence-electron chi connectivity index (χ2n) is 5.64. The number of esters is 1. The number of likely N-dealkylation sites (N-methyl/N-ethyl adjacent to an activating group) is 1. The number of carbonyl (C=O) groups is 3. The fourth-order valence-corrected chi connectivity index (χ4v) is 2.46. The molecule has 0 fully saturated rings. The Bertz CT molecular complexity index is 644. The fourth-order valence-electron chi connectivity index (χ4n) is 2.46. The minimum absolute atomic E-state index is 0.0730. The zero-order valence-corrected chi connectivity index (χ0v) is 14.1. The lowest BCUT2D eigenvalue weighted by molar-refractivity contribution is -0.142. The second-order valence-corrected chi connectivity index (χ2v) is 5.64. The van der Waals surface area contributed by atoms with Crippen LogP contribution in [-0.2, 0) is 25.5 Å². The van der Waals surface area contributed by atoms with Gasteiger partial charge < -0.3 is 19.7 Å². The van der Waals surface area contributed by atoms with Crippen LogP contribution in [0.3, 0.4) is 0 Å². The van der Waals surface area contributed by atoms with Gasteiger partial charge in [-0.15, -0.1) is 0 Å². The molecule has 2 amide bonds. The Balaban J connectivity index is 1.87. The molecule has 0 bridgehead atoms. The van der Waals surface area contributed by atoms with Crippen LogP contribution in [0.15, 0.2) is 18.2 Å². The van der Waals surface area contributed by atoms with E-state index in [9.17, 15) is 14.4 Å². The van der Waals surface area contributed by atoms with Crippen molar-refractivity contribution in [1.29, 1.82) is 0 Å².